The van der Waals surface area contributed by atoms with Crippen LogP contribution in [0.5, 0.6) is 0 Å². The van der Waals surface area contributed by atoms with E-state index in [0.29, 0.717) is 0 Å². The van der Waals surface area contributed by atoms with Crippen molar-refractivity contribution in [1.82, 2.24) is 9.38 Å². The minimum atomic E-state index is 0.971. The predicted molar refractivity (Wildman–Crippen MR) is 186 cm³/mol. The fraction of sp³-hybridized carbons (Fsp3) is 0.0238. The van der Waals surface area contributed by atoms with Gasteiger partial charge in [0.25, 0.3) is 0 Å². The van der Waals surface area contributed by atoms with Crippen molar-refractivity contribution >= 4 is 39.0 Å². The van der Waals surface area contributed by atoms with Gasteiger partial charge in [0.2, 0.25) is 0 Å². The molecule has 0 aliphatic heterocycles. The predicted octanol–water partition coefficient (Wildman–Crippen LogP) is 11.2. The highest BCUT2D eigenvalue weighted by molar-refractivity contribution is 6.14. The van der Waals surface area contributed by atoms with Crippen molar-refractivity contribution in [2.75, 3.05) is 0 Å². The van der Waals surface area contributed by atoms with E-state index in [0.717, 1.165) is 39.1 Å². The summed E-state index contributed by atoms with van der Waals surface area (Å²) in [5, 5.41) is 3.56. The van der Waals surface area contributed by atoms with Crippen molar-refractivity contribution in [1.29, 1.82) is 0 Å². The third kappa shape index (κ3) is 4.40. The molecule has 0 aliphatic carbocycles. The van der Waals surface area contributed by atoms with Crippen LogP contribution < -0.4 is 0 Å². The number of allylic oxidation sites excluding steroid dienone is 1. The smallest absolute Gasteiger partial charge is 0.146 e. The van der Waals surface area contributed by atoms with E-state index in [1.54, 1.807) is 0 Å². The summed E-state index contributed by atoms with van der Waals surface area (Å²) in [6.45, 7) is 2.21. The summed E-state index contributed by atoms with van der Waals surface area (Å²) in [6.07, 6.45) is 2.31. The number of para-hydroxylation sites is 1. The molecule has 0 amide bonds. The van der Waals surface area contributed by atoms with E-state index < -0.39 is 0 Å². The molecule has 2 aromatic heterocycles. The molecular weight excluding hydrogens is 532 g/mol. The molecule has 0 saturated carbocycles. The fourth-order valence-corrected chi connectivity index (χ4v) is 6.42. The lowest BCUT2D eigenvalue weighted by Gasteiger charge is -2.13. The first-order valence-corrected chi connectivity index (χ1v) is 15.1. The second-order valence-electron chi connectivity index (χ2n) is 11.3. The molecule has 2 heteroatoms. The van der Waals surface area contributed by atoms with E-state index in [1.807, 2.05) is 0 Å². The third-order valence-corrected chi connectivity index (χ3v) is 8.54. The van der Waals surface area contributed by atoms with Gasteiger partial charge in [0.05, 0.1) is 16.9 Å². The number of imidazole rings is 1. The van der Waals surface area contributed by atoms with E-state index in [2.05, 4.69) is 175 Å². The van der Waals surface area contributed by atoms with Crippen LogP contribution in [0.25, 0.3) is 72.6 Å². The van der Waals surface area contributed by atoms with E-state index in [-0.39, 0.29) is 0 Å². The highest BCUT2D eigenvalue weighted by Crippen LogP contribution is 2.39. The Balaban J connectivity index is 1.37. The number of fused-ring (bicyclic) bond motifs is 6. The van der Waals surface area contributed by atoms with Gasteiger partial charge in [-0.3, -0.25) is 4.40 Å². The van der Waals surface area contributed by atoms with Gasteiger partial charge in [-0.1, -0.05) is 152 Å². The zero-order valence-electron chi connectivity index (χ0n) is 24.5. The molecule has 0 unspecified atom stereocenters. The van der Waals surface area contributed by atoms with Crippen molar-refractivity contribution < 1.29 is 0 Å². The minimum absolute atomic E-state index is 0.971. The van der Waals surface area contributed by atoms with E-state index >= 15 is 0 Å². The van der Waals surface area contributed by atoms with Crippen LogP contribution in [-0.4, -0.2) is 9.38 Å². The van der Waals surface area contributed by atoms with Crippen molar-refractivity contribution in [2.45, 2.75) is 6.92 Å². The minimum Gasteiger partial charge on any atom is -0.291 e. The highest BCUT2D eigenvalue weighted by Gasteiger charge is 2.20. The van der Waals surface area contributed by atoms with Crippen LogP contribution in [0.4, 0.5) is 0 Å². The maximum atomic E-state index is 5.37. The molecule has 0 saturated heterocycles. The number of rotatable bonds is 5. The average Bonchev–Trinajstić information content (AvgIpc) is 3.51. The van der Waals surface area contributed by atoms with E-state index in [9.17, 15) is 0 Å². The SMILES string of the molecule is C/C(=C\c1ccccc1-c1ccccc1)c1ccc2c(c1)c1ccccc1n1c(-c3ccccc3)c(-c3ccccc3)nc21. The number of hydrogen-bond acceptors (Lipinski definition) is 1. The molecule has 0 atom stereocenters. The van der Waals surface area contributed by atoms with Gasteiger partial charge in [-0.25, -0.2) is 4.98 Å². The first-order valence-electron chi connectivity index (χ1n) is 15.1. The summed E-state index contributed by atoms with van der Waals surface area (Å²) < 4.78 is 2.35. The summed E-state index contributed by atoms with van der Waals surface area (Å²) in [7, 11) is 0. The third-order valence-electron chi connectivity index (χ3n) is 8.54. The molecule has 0 radical (unpaired) electrons. The first-order chi connectivity index (χ1) is 21.8. The van der Waals surface area contributed by atoms with Gasteiger partial charge < -0.3 is 0 Å². The summed E-state index contributed by atoms with van der Waals surface area (Å²) in [5.74, 6) is 0. The maximum absolute atomic E-state index is 5.37. The molecule has 0 bridgehead atoms. The summed E-state index contributed by atoms with van der Waals surface area (Å²) in [6, 6.07) is 55.9. The molecule has 0 fully saturated rings. The Morgan fingerprint density at radius 2 is 1.16 bits per heavy atom. The molecule has 8 aromatic rings. The number of benzene rings is 6. The standard InChI is InChI=1S/C42H30N2/c1-29(27-34-21-11-12-22-35(34)30-15-5-2-6-16-30)33-25-26-37-38(28-33)36-23-13-14-24-39(36)44-41(32-19-9-4-10-20-32)40(43-42(37)44)31-17-7-3-8-18-31/h2-28H,1H3/b29-27+. The molecule has 208 valence electrons. The van der Waals surface area contributed by atoms with Crippen molar-refractivity contribution in [3.05, 3.63) is 169 Å². The van der Waals surface area contributed by atoms with Crippen LogP contribution in [0.15, 0.2) is 158 Å². The van der Waals surface area contributed by atoms with Crippen molar-refractivity contribution in [2.24, 2.45) is 0 Å². The Morgan fingerprint density at radius 3 is 1.91 bits per heavy atom. The first kappa shape index (κ1) is 25.9. The van der Waals surface area contributed by atoms with Gasteiger partial charge in [-0.15, -0.1) is 0 Å². The number of pyridine rings is 1. The Kier molecular flexibility index (Phi) is 6.39. The number of nitrogens with zero attached hydrogens (tertiary/aromatic N) is 2. The lowest BCUT2D eigenvalue weighted by Crippen LogP contribution is -1.95. The lowest BCUT2D eigenvalue weighted by molar-refractivity contribution is 1.27. The van der Waals surface area contributed by atoms with Crippen molar-refractivity contribution in [3.63, 3.8) is 0 Å². The van der Waals surface area contributed by atoms with Gasteiger partial charge in [0.15, 0.2) is 0 Å². The Bertz CT molecular complexity index is 2310. The largest absolute Gasteiger partial charge is 0.291 e. The molecule has 0 spiro atoms. The zero-order chi connectivity index (χ0) is 29.5. The summed E-state index contributed by atoms with van der Waals surface area (Å²) in [5.41, 5.74) is 12.6. The molecule has 44 heavy (non-hydrogen) atoms. The Morgan fingerprint density at radius 1 is 0.545 bits per heavy atom. The van der Waals surface area contributed by atoms with E-state index in [1.165, 1.54) is 38.6 Å². The zero-order valence-corrected chi connectivity index (χ0v) is 24.5. The van der Waals surface area contributed by atoms with Crippen LogP contribution in [0.1, 0.15) is 18.1 Å². The number of aromatic nitrogens is 2. The highest BCUT2D eigenvalue weighted by atomic mass is 15.0. The van der Waals surface area contributed by atoms with Crippen LogP contribution in [0.2, 0.25) is 0 Å². The topological polar surface area (TPSA) is 17.3 Å². The van der Waals surface area contributed by atoms with Crippen LogP contribution >= 0.6 is 0 Å². The Labute approximate surface area is 257 Å². The van der Waals surface area contributed by atoms with Gasteiger partial charge in [0, 0.05) is 21.9 Å². The Hall–Kier alpha value is -5.73. The molecule has 8 rings (SSSR count). The molecule has 2 heterocycles. The second kappa shape index (κ2) is 10.8. The molecule has 0 N–H and O–H groups in total. The van der Waals surface area contributed by atoms with E-state index in [4.69, 9.17) is 4.98 Å². The average molecular weight is 563 g/mol. The second-order valence-corrected chi connectivity index (χ2v) is 11.3. The van der Waals surface area contributed by atoms with Crippen LogP contribution in [0.3, 0.4) is 0 Å². The summed E-state index contributed by atoms with van der Waals surface area (Å²) >= 11 is 0. The van der Waals surface area contributed by atoms with Gasteiger partial charge in [-0.05, 0) is 52.3 Å². The van der Waals surface area contributed by atoms with Gasteiger partial charge in [0.1, 0.15) is 5.65 Å². The van der Waals surface area contributed by atoms with Crippen LogP contribution in [-0.2, 0) is 0 Å². The summed E-state index contributed by atoms with van der Waals surface area (Å²) in [4.78, 5) is 5.37. The van der Waals surface area contributed by atoms with Crippen LogP contribution in [0, 0.1) is 0 Å². The van der Waals surface area contributed by atoms with Crippen molar-refractivity contribution in [3.8, 4) is 33.6 Å². The fourth-order valence-electron chi connectivity index (χ4n) is 6.42. The molecule has 6 aromatic carbocycles. The monoisotopic (exact) mass is 562 g/mol. The molecule has 0 aliphatic rings. The quantitative estimate of drug-likeness (QED) is 0.151. The number of hydrogen-bond donors (Lipinski definition) is 0. The lowest BCUT2D eigenvalue weighted by atomic mass is 9.95. The molecular formula is C42H30N2. The molecule has 2 nitrogen and oxygen atoms in total. The normalized spacial score (nSPS) is 11.9. The van der Waals surface area contributed by atoms with Gasteiger partial charge >= 0.3 is 0 Å². The maximum Gasteiger partial charge on any atom is 0.146 e. The van der Waals surface area contributed by atoms with Gasteiger partial charge in [-0.2, -0.15) is 0 Å².